The van der Waals surface area contributed by atoms with Crippen LogP contribution in [0.4, 0.5) is 0 Å². The van der Waals surface area contributed by atoms with Crippen molar-refractivity contribution in [1.82, 2.24) is 9.88 Å². The second-order valence-corrected chi connectivity index (χ2v) is 5.89. The first-order valence-corrected chi connectivity index (χ1v) is 6.60. The first kappa shape index (κ1) is 11.9. The van der Waals surface area contributed by atoms with Crippen LogP contribution in [0.25, 0.3) is 0 Å². The molecule has 0 N–H and O–H groups in total. The van der Waals surface area contributed by atoms with Crippen molar-refractivity contribution in [2.75, 3.05) is 13.1 Å². The second kappa shape index (κ2) is 5.68. The molecule has 0 bridgehead atoms. The zero-order chi connectivity index (χ0) is 10.6. The van der Waals surface area contributed by atoms with E-state index in [-0.39, 0.29) is 0 Å². The number of thioether (sulfide) groups is 1. The van der Waals surface area contributed by atoms with Crippen molar-refractivity contribution >= 4 is 39.6 Å². The standard InChI is InChI=1S/C9H14N2S3/c1-4-11(5-2)9(12)14-8-10-6-7(3)13-8/h6H,4-5H2,1-3H3. The number of aromatic nitrogens is 1. The highest BCUT2D eigenvalue weighted by Crippen LogP contribution is 2.26. The molecule has 0 unspecified atom stereocenters. The molecule has 0 aliphatic rings. The Morgan fingerprint density at radius 3 is 2.64 bits per heavy atom. The number of thiazole rings is 1. The van der Waals surface area contributed by atoms with E-state index in [1.807, 2.05) is 6.20 Å². The molecule has 0 spiro atoms. The molecule has 0 amide bonds. The molecule has 0 aliphatic heterocycles. The van der Waals surface area contributed by atoms with Gasteiger partial charge in [-0.1, -0.05) is 12.2 Å². The lowest BCUT2D eigenvalue weighted by Gasteiger charge is -2.19. The van der Waals surface area contributed by atoms with Gasteiger partial charge in [0.2, 0.25) is 0 Å². The SMILES string of the molecule is CCN(CC)C(=S)Sc1ncc(C)s1. The molecule has 1 rings (SSSR count). The summed E-state index contributed by atoms with van der Waals surface area (Å²) in [6.45, 7) is 8.22. The van der Waals surface area contributed by atoms with E-state index in [4.69, 9.17) is 12.2 Å². The van der Waals surface area contributed by atoms with Gasteiger partial charge in [0, 0.05) is 24.2 Å². The van der Waals surface area contributed by atoms with Crippen LogP contribution in [0, 0.1) is 6.92 Å². The zero-order valence-corrected chi connectivity index (χ0v) is 11.1. The van der Waals surface area contributed by atoms with E-state index in [0.29, 0.717) is 0 Å². The molecule has 1 aromatic rings. The maximum Gasteiger partial charge on any atom is 0.157 e. The van der Waals surface area contributed by atoms with Gasteiger partial charge in [-0.25, -0.2) is 4.98 Å². The number of nitrogens with zero attached hydrogens (tertiary/aromatic N) is 2. The van der Waals surface area contributed by atoms with E-state index in [2.05, 4.69) is 30.7 Å². The van der Waals surface area contributed by atoms with Gasteiger partial charge in [-0.3, -0.25) is 0 Å². The smallest absolute Gasteiger partial charge is 0.157 e. The minimum atomic E-state index is 0.921. The molecule has 1 heterocycles. The topological polar surface area (TPSA) is 16.1 Å². The summed E-state index contributed by atoms with van der Waals surface area (Å²) in [7, 11) is 0. The molecular formula is C9H14N2S3. The van der Waals surface area contributed by atoms with Crippen LogP contribution in [0.15, 0.2) is 10.5 Å². The van der Waals surface area contributed by atoms with Gasteiger partial charge in [-0.05, 0) is 32.5 Å². The maximum atomic E-state index is 5.32. The molecule has 78 valence electrons. The molecule has 0 fully saturated rings. The third-order valence-corrected chi connectivity index (χ3v) is 4.22. The van der Waals surface area contributed by atoms with E-state index in [0.717, 1.165) is 21.7 Å². The predicted molar refractivity (Wildman–Crippen MR) is 68.2 cm³/mol. The van der Waals surface area contributed by atoms with Crippen molar-refractivity contribution in [3.05, 3.63) is 11.1 Å². The van der Waals surface area contributed by atoms with E-state index in [1.54, 1.807) is 23.1 Å². The van der Waals surface area contributed by atoms with Gasteiger partial charge in [0.25, 0.3) is 0 Å². The summed E-state index contributed by atoms with van der Waals surface area (Å²) < 4.78 is 1.96. The Morgan fingerprint density at radius 1 is 1.57 bits per heavy atom. The number of aryl methyl sites for hydroxylation is 1. The predicted octanol–water partition coefficient (Wildman–Crippen LogP) is 3.17. The van der Waals surface area contributed by atoms with Crippen molar-refractivity contribution in [1.29, 1.82) is 0 Å². The van der Waals surface area contributed by atoms with Crippen molar-refractivity contribution in [3.8, 4) is 0 Å². The molecule has 2 nitrogen and oxygen atoms in total. The van der Waals surface area contributed by atoms with Crippen molar-refractivity contribution in [2.24, 2.45) is 0 Å². The molecule has 0 aromatic carbocycles. The number of rotatable bonds is 3. The first-order valence-electron chi connectivity index (χ1n) is 4.56. The molecule has 1 aromatic heterocycles. The minimum Gasteiger partial charge on any atom is -0.358 e. The van der Waals surface area contributed by atoms with Crippen LogP contribution >= 0.6 is 35.3 Å². The van der Waals surface area contributed by atoms with Crippen LogP contribution < -0.4 is 0 Å². The van der Waals surface area contributed by atoms with Crippen LogP contribution in [0.1, 0.15) is 18.7 Å². The van der Waals surface area contributed by atoms with Gasteiger partial charge < -0.3 is 4.90 Å². The van der Waals surface area contributed by atoms with Crippen LogP contribution in [0.5, 0.6) is 0 Å². The lowest BCUT2D eigenvalue weighted by molar-refractivity contribution is 0.482. The van der Waals surface area contributed by atoms with Gasteiger partial charge in [0.1, 0.15) is 4.32 Å². The summed E-state index contributed by atoms with van der Waals surface area (Å²) in [5.74, 6) is 0. The highest BCUT2D eigenvalue weighted by molar-refractivity contribution is 8.23. The summed E-state index contributed by atoms with van der Waals surface area (Å²) in [6, 6.07) is 0. The van der Waals surface area contributed by atoms with Crippen LogP contribution in [-0.4, -0.2) is 27.3 Å². The van der Waals surface area contributed by atoms with Crippen LogP contribution in [0.3, 0.4) is 0 Å². The lowest BCUT2D eigenvalue weighted by atomic mass is 10.6. The zero-order valence-electron chi connectivity index (χ0n) is 8.61. The first-order chi connectivity index (χ1) is 6.67. The Kier molecular flexibility index (Phi) is 4.84. The van der Waals surface area contributed by atoms with E-state index in [9.17, 15) is 0 Å². The second-order valence-electron chi connectivity index (χ2n) is 2.78. The molecule has 0 saturated heterocycles. The summed E-state index contributed by atoms with van der Waals surface area (Å²) >= 11 is 8.60. The van der Waals surface area contributed by atoms with E-state index in [1.165, 1.54) is 4.88 Å². The molecular weight excluding hydrogens is 232 g/mol. The van der Waals surface area contributed by atoms with Crippen LogP contribution in [0.2, 0.25) is 0 Å². The monoisotopic (exact) mass is 246 g/mol. The van der Waals surface area contributed by atoms with Gasteiger partial charge >= 0.3 is 0 Å². The quantitative estimate of drug-likeness (QED) is 0.601. The van der Waals surface area contributed by atoms with Crippen molar-refractivity contribution in [3.63, 3.8) is 0 Å². The summed E-state index contributed by atoms with van der Waals surface area (Å²) in [5.41, 5.74) is 0. The summed E-state index contributed by atoms with van der Waals surface area (Å²) in [5, 5.41) is 0. The van der Waals surface area contributed by atoms with Gasteiger partial charge in [0.05, 0.1) is 0 Å². The molecule has 0 atom stereocenters. The summed E-state index contributed by atoms with van der Waals surface area (Å²) in [4.78, 5) is 7.67. The van der Waals surface area contributed by atoms with E-state index < -0.39 is 0 Å². The highest BCUT2D eigenvalue weighted by atomic mass is 32.2. The fraction of sp³-hybridized carbons (Fsp3) is 0.556. The fourth-order valence-electron chi connectivity index (χ4n) is 1.00. The third kappa shape index (κ3) is 3.22. The lowest BCUT2D eigenvalue weighted by Crippen LogP contribution is -2.26. The minimum absolute atomic E-state index is 0.921. The Bertz CT molecular complexity index is 305. The Labute approximate surface area is 98.7 Å². The van der Waals surface area contributed by atoms with Crippen molar-refractivity contribution in [2.45, 2.75) is 25.1 Å². The number of hydrogen-bond donors (Lipinski definition) is 0. The number of thiocarbonyl (C=S) groups is 1. The summed E-state index contributed by atoms with van der Waals surface area (Å²) in [6.07, 6.45) is 1.89. The van der Waals surface area contributed by atoms with Crippen molar-refractivity contribution < 1.29 is 0 Å². The molecule has 0 aliphatic carbocycles. The Hall–Kier alpha value is -0.130. The normalized spacial score (nSPS) is 10.2. The average Bonchev–Trinajstić information content (AvgIpc) is 2.53. The Balaban J connectivity index is 2.56. The van der Waals surface area contributed by atoms with Crippen LogP contribution in [-0.2, 0) is 0 Å². The largest absolute Gasteiger partial charge is 0.358 e. The Morgan fingerprint density at radius 2 is 2.21 bits per heavy atom. The van der Waals surface area contributed by atoms with Gasteiger partial charge in [0.15, 0.2) is 4.34 Å². The maximum absolute atomic E-state index is 5.32. The molecule has 0 saturated carbocycles. The molecule has 14 heavy (non-hydrogen) atoms. The number of hydrogen-bond acceptors (Lipinski definition) is 4. The molecule has 5 heteroatoms. The third-order valence-electron chi connectivity index (χ3n) is 1.80. The fourth-order valence-corrected chi connectivity index (χ4v) is 3.58. The van der Waals surface area contributed by atoms with Gasteiger partial charge in [-0.2, -0.15) is 0 Å². The van der Waals surface area contributed by atoms with Gasteiger partial charge in [-0.15, -0.1) is 11.3 Å². The van der Waals surface area contributed by atoms with E-state index >= 15 is 0 Å². The average molecular weight is 246 g/mol. The highest BCUT2D eigenvalue weighted by Gasteiger charge is 2.09. The molecule has 0 radical (unpaired) electrons.